The van der Waals surface area contributed by atoms with Crippen molar-refractivity contribution in [3.05, 3.63) is 0 Å². The molecule has 0 aromatic heterocycles. The van der Waals surface area contributed by atoms with E-state index in [-0.39, 0.29) is 25.6 Å². The molecule has 0 aromatic rings. The second-order valence-corrected chi connectivity index (χ2v) is 2.34. The minimum absolute atomic E-state index is 0.00998. The third kappa shape index (κ3) is 2.19. The van der Waals surface area contributed by atoms with E-state index in [4.69, 9.17) is 14.6 Å². The lowest BCUT2D eigenvalue weighted by Gasteiger charge is -2.10. The largest absolute Gasteiger partial charge is 0.394 e. The first-order valence-corrected chi connectivity index (χ1v) is 3.62. The van der Waals surface area contributed by atoms with Crippen molar-refractivity contribution in [2.75, 3.05) is 13.4 Å². The van der Waals surface area contributed by atoms with Crippen molar-refractivity contribution >= 4 is 0 Å². The SMILES string of the molecule is CC#CC[C@H]1OCO[C@@H]1CO. The minimum atomic E-state index is -0.184. The maximum Gasteiger partial charge on any atom is 0.147 e. The molecule has 0 unspecified atom stereocenters. The van der Waals surface area contributed by atoms with Crippen LogP contribution < -0.4 is 0 Å². The highest BCUT2D eigenvalue weighted by Crippen LogP contribution is 2.14. The highest BCUT2D eigenvalue weighted by Gasteiger charge is 2.27. The fourth-order valence-corrected chi connectivity index (χ4v) is 0.992. The Bertz CT molecular complexity index is 168. The molecule has 1 saturated heterocycles. The van der Waals surface area contributed by atoms with Crippen LogP contribution in [0.5, 0.6) is 0 Å². The van der Waals surface area contributed by atoms with Crippen LogP contribution >= 0.6 is 0 Å². The topological polar surface area (TPSA) is 38.7 Å². The maximum absolute atomic E-state index is 8.78. The first-order chi connectivity index (χ1) is 5.38. The van der Waals surface area contributed by atoms with Gasteiger partial charge in [-0.05, 0) is 6.92 Å². The third-order valence-corrected chi connectivity index (χ3v) is 1.64. The number of aliphatic hydroxyl groups is 1. The Morgan fingerprint density at radius 1 is 1.45 bits per heavy atom. The molecule has 0 aromatic carbocycles. The van der Waals surface area contributed by atoms with Crippen LogP contribution in [0.3, 0.4) is 0 Å². The highest BCUT2D eigenvalue weighted by molar-refractivity contribution is 4.98. The molecule has 1 heterocycles. The predicted molar refractivity (Wildman–Crippen MR) is 39.8 cm³/mol. The van der Waals surface area contributed by atoms with E-state index in [1.54, 1.807) is 6.92 Å². The molecule has 1 aliphatic rings. The van der Waals surface area contributed by atoms with Crippen LogP contribution in [0, 0.1) is 11.8 Å². The molecule has 0 amide bonds. The standard InChI is InChI=1S/C8H12O3/c1-2-3-4-7-8(5-9)11-6-10-7/h7-9H,4-6H2,1H3/t7-,8-/m1/s1. The molecule has 1 fully saturated rings. The van der Waals surface area contributed by atoms with Crippen molar-refractivity contribution in [1.29, 1.82) is 0 Å². The van der Waals surface area contributed by atoms with Gasteiger partial charge in [-0.2, -0.15) is 0 Å². The fourth-order valence-electron chi connectivity index (χ4n) is 0.992. The Morgan fingerprint density at radius 2 is 2.18 bits per heavy atom. The summed E-state index contributed by atoms with van der Waals surface area (Å²) in [5.74, 6) is 5.66. The zero-order chi connectivity index (χ0) is 8.10. The second-order valence-electron chi connectivity index (χ2n) is 2.34. The zero-order valence-electron chi connectivity index (χ0n) is 6.54. The Morgan fingerprint density at radius 3 is 2.82 bits per heavy atom. The van der Waals surface area contributed by atoms with Crippen molar-refractivity contribution in [2.24, 2.45) is 0 Å². The summed E-state index contributed by atoms with van der Waals surface area (Å²) in [7, 11) is 0. The van der Waals surface area contributed by atoms with Gasteiger partial charge in [0.15, 0.2) is 0 Å². The summed E-state index contributed by atoms with van der Waals surface area (Å²) in [6.07, 6.45) is 0.408. The van der Waals surface area contributed by atoms with E-state index >= 15 is 0 Å². The number of hydrogen-bond donors (Lipinski definition) is 1. The van der Waals surface area contributed by atoms with Gasteiger partial charge >= 0.3 is 0 Å². The van der Waals surface area contributed by atoms with Crippen LogP contribution in [-0.4, -0.2) is 30.7 Å². The summed E-state index contributed by atoms with van der Waals surface area (Å²) in [6.45, 7) is 2.07. The molecule has 1 aliphatic heterocycles. The number of hydrogen-bond acceptors (Lipinski definition) is 3. The van der Waals surface area contributed by atoms with Crippen LogP contribution in [0.1, 0.15) is 13.3 Å². The smallest absolute Gasteiger partial charge is 0.147 e. The van der Waals surface area contributed by atoms with Crippen LogP contribution in [0.25, 0.3) is 0 Å². The lowest BCUT2D eigenvalue weighted by atomic mass is 10.1. The predicted octanol–water partition coefficient (Wildman–Crippen LogP) is 0.134. The lowest BCUT2D eigenvalue weighted by molar-refractivity contribution is 0.0268. The highest BCUT2D eigenvalue weighted by atomic mass is 16.7. The Kier molecular flexibility index (Phi) is 3.37. The van der Waals surface area contributed by atoms with Gasteiger partial charge < -0.3 is 14.6 Å². The monoisotopic (exact) mass is 156 g/mol. The van der Waals surface area contributed by atoms with Gasteiger partial charge in [-0.1, -0.05) is 0 Å². The second kappa shape index (κ2) is 4.35. The summed E-state index contributed by atoms with van der Waals surface area (Å²) in [5.41, 5.74) is 0. The van der Waals surface area contributed by atoms with Gasteiger partial charge in [-0.3, -0.25) is 0 Å². The first-order valence-electron chi connectivity index (χ1n) is 3.62. The molecule has 3 nitrogen and oxygen atoms in total. The van der Waals surface area contributed by atoms with Gasteiger partial charge in [0.05, 0.1) is 12.7 Å². The summed E-state index contributed by atoms with van der Waals surface area (Å²) in [6, 6.07) is 0. The van der Waals surface area contributed by atoms with E-state index in [1.165, 1.54) is 0 Å². The Balaban J connectivity index is 2.35. The van der Waals surface area contributed by atoms with Gasteiger partial charge in [0.2, 0.25) is 0 Å². The van der Waals surface area contributed by atoms with Crippen LogP contribution in [0.15, 0.2) is 0 Å². The van der Waals surface area contributed by atoms with E-state index in [0.717, 1.165) is 0 Å². The number of aliphatic hydroxyl groups excluding tert-OH is 1. The molecular weight excluding hydrogens is 144 g/mol. The van der Waals surface area contributed by atoms with Gasteiger partial charge in [0.1, 0.15) is 12.9 Å². The van der Waals surface area contributed by atoms with Crippen LogP contribution in [-0.2, 0) is 9.47 Å². The third-order valence-electron chi connectivity index (χ3n) is 1.64. The molecule has 0 bridgehead atoms. The van der Waals surface area contributed by atoms with Crippen molar-refractivity contribution < 1.29 is 14.6 Å². The summed E-state index contributed by atoms with van der Waals surface area (Å²) >= 11 is 0. The first kappa shape index (κ1) is 8.54. The van der Waals surface area contributed by atoms with Gasteiger partial charge in [-0.15, -0.1) is 11.8 Å². The van der Waals surface area contributed by atoms with Gasteiger partial charge in [-0.25, -0.2) is 0 Å². The molecule has 0 aliphatic carbocycles. The quantitative estimate of drug-likeness (QED) is 0.578. The van der Waals surface area contributed by atoms with Crippen molar-refractivity contribution in [2.45, 2.75) is 25.6 Å². The summed E-state index contributed by atoms with van der Waals surface area (Å²) in [4.78, 5) is 0. The Labute approximate surface area is 66.3 Å². The van der Waals surface area contributed by atoms with Crippen LogP contribution in [0.4, 0.5) is 0 Å². The number of ether oxygens (including phenoxy) is 2. The molecular formula is C8H12O3. The molecule has 0 radical (unpaired) electrons. The van der Waals surface area contributed by atoms with E-state index in [9.17, 15) is 0 Å². The molecule has 62 valence electrons. The number of rotatable bonds is 2. The maximum atomic E-state index is 8.78. The summed E-state index contributed by atoms with van der Waals surface area (Å²) < 4.78 is 10.2. The van der Waals surface area contributed by atoms with Crippen molar-refractivity contribution in [3.63, 3.8) is 0 Å². The van der Waals surface area contributed by atoms with Gasteiger partial charge in [0.25, 0.3) is 0 Å². The molecule has 1 N–H and O–H groups in total. The molecule has 11 heavy (non-hydrogen) atoms. The van der Waals surface area contributed by atoms with Crippen molar-refractivity contribution in [3.8, 4) is 11.8 Å². The van der Waals surface area contributed by atoms with Gasteiger partial charge in [0, 0.05) is 6.42 Å². The minimum Gasteiger partial charge on any atom is -0.394 e. The molecule has 0 spiro atoms. The fraction of sp³-hybridized carbons (Fsp3) is 0.750. The molecule has 1 rings (SSSR count). The zero-order valence-corrected chi connectivity index (χ0v) is 6.54. The van der Waals surface area contributed by atoms with E-state index in [0.29, 0.717) is 6.42 Å². The molecule has 3 heteroatoms. The average Bonchev–Trinajstić information content (AvgIpc) is 2.47. The van der Waals surface area contributed by atoms with E-state index in [1.807, 2.05) is 0 Å². The lowest BCUT2D eigenvalue weighted by Crippen LogP contribution is -2.25. The normalized spacial score (nSPS) is 29.6. The van der Waals surface area contributed by atoms with E-state index < -0.39 is 0 Å². The summed E-state index contributed by atoms with van der Waals surface area (Å²) in [5, 5.41) is 8.78. The van der Waals surface area contributed by atoms with Crippen molar-refractivity contribution in [1.82, 2.24) is 0 Å². The average molecular weight is 156 g/mol. The van der Waals surface area contributed by atoms with E-state index in [2.05, 4.69) is 11.8 Å². The molecule has 0 saturated carbocycles. The molecule has 2 atom stereocenters. The van der Waals surface area contributed by atoms with Crippen LogP contribution in [0.2, 0.25) is 0 Å². The Hall–Kier alpha value is -0.560.